The summed E-state index contributed by atoms with van der Waals surface area (Å²) in [5, 5.41) is 1.12. The topological polar surface area (TPSA) is 27.1 Å². The van der Waals surface area contributed by atoms with Gasteiger partial charge < -0.3 is 9.30 Å². The molecule has 3 rings (SSSR count). The lowest BCUT2D eigenvalue weighted by Crippen LogP contribution is -1.97. The van der Waals surface area contributed by atoms with Crippen molar-refractivity contribution in [2.45, 2.75) is 11.7 Å². The Labute approximate surface area is 115 Å². The van der Waals surface area contributed by atoms with Gasteiger partial charge in [0, 0.05) is 24.1 Å². The first-order chi connectivity index (χ1) is 8.86. The number of aryl methyl sites for hydroxylation is 1. The van der Waals surface area contributed by atoms with Crippen LogP contribution in [0.15, 0.2) is 35.6 Å². The average molecular weight is 281 g/mol. The summed E-state index contributed by atoms with van der Waals surface area (Å²) in [7, 11) is 0. The molecule has 2 aromatic rings. The second-order valence-electron chi connectivity index (χ2n) is 4.01. The van der Waals surface area contributed by atoms with E-state index >= 15 is 0 Å². The lowest BCUT2D eigenvalue weighted by Gasteiger charge is -2.04. The number of hydrogen-bond donors (Lipinski definition) is 0. The molecule has 18 heavy (non-hydrogen) atoms. The molecule has 5 heteroatoms. The molecule has 1 aliphatic rings. The normalized spacial score (nSPS) is 13.6. The molecule has 0 aliphatic carbocycles. The van der Waals surface area contributed by atoms with Gasteiger partial charge in [-0.1, -0.05) is 11.8 Å². The molecule has 1 aliphatic heterocycles. The first kappa shape index (κ1) is 11.9. The molecule has 0 N–H and O–H groups in total. The zero-order valence-electron chi connectivity index (χ0n) is 9.80. The van der Waals surface area contributed by atoms with E-state index in [9.17, 15) is 0 Å². The molecule has 0 bridgehead atoms. The number of halogens is 1. The zero-order chi connectivity index (χ0) is 12.4. The molecule has 1 aromatic carbocycles. The van der Waals surface area contributed by atoms with Gasteiger partial charge in [-0.25, -0.2) is 4.98 Å². The van der Waals surface area contributed by atoms with Crippen molar-refractivity contribution in [1.29, 1.82) is 0 Å². The summed E-state index contributed by atoms with van der Waals surface area (Å²) in [6.07, 6.45) is 2.12. The number of rotatable bonds is 4. The molecular weight excluding hydrogens is 268 g/mol. The van der Waals surface area contributed by atoms with Gasteiger partial charge in [0.15, 0.2) is 5.16 Å². The fraction of sp³-hybridized carbons (Fsp3) is 0.308. The molecule has 0 saturated carbocycles. The molecule has 0 radical (unpaired) electrons. The van der Waals surface area contributed by atoms with Crippen molar-refractivity contribution in [3.05, 3.63) is 30.5 Å². The minimum Gasteiger partial charge on any atom is -0.492 e. The third-order valence-electron chi connectivity index (χ3n) is 2.80. The fourth-order valence-electron chi connectivity index (χ4n) is 1.93. The molecule has 0 unspecified atom stereocenters. The number of thioether (sulfide) groups is 1. The van der Waals surface area contributed by atoms with Gasteiger partial charge >= 0.3 is 0 Å². The monoisotopic (exact) mass is 280 g/mol. The first-order valence-electron chi connectivity index (χ1n) is 5.86. The van der Waals surface area contributed by atoms with Crippen LogP contribution in [0, 0.1) is 0 Å². The Morgan fingerprint density at radius 3 is 2.89 bits per heavy atom. The molecular formula is C13H13ClN2OS. The first-order valence-corrected chi connectivity index (χ1v) is 7.38. The Morgan fingerprint density at radius 1 is 1.33 bits per heavy atom. The second-order valence-corrected chi connectivity index (χ2v) is 5.45. The molecule has 94 valence electrons. The maximum Gasteiger partial charge on any atom is 0.168 e. The molecule has 0 atom stereocenters. The van der Waals surface area contributed by atoms with E-state index < -0.39 is 0 Å². The van der Waals surface area contributed by atoms with E-state index in [4.69, 9.17) is 16.3 Å². The van der Waals surface area contributed by atoms with Crippen molar-refractivity contribution in [3.8, 4) is 17.0 Å². The maximum absolute atomic E-state index is 5.58. The molecule has 0 spiro atoms. The summed E-state index contributed by atoms with van der Waals surface area (Å²) in [4.78, 5) is 4.62. The molecule has 0 fully saturated rings. The summed E-state index contributed by atoms with van der Waals surface area (Å²) in [5.41, 5.74) is 2.15. The number of alkyl halides is 1. The SMILES string of the molecule is ClCCOc1ccc(-c2cn3c(n2)SCC3)cc1. The van der Waals surface area contributed by atoms with E-state index in [1.807, 2.05) is 36.0 Å². The van der Waals surface area contributed by atoms with Crippen molar-refractivity contribution < 1.29 is 4.74 Å². The van der Waals surface area contributed by atoms with Crippen molar-refractivity contribution in [3.63, 3.8) is 0 Å². The number of aromatic nitrogens is 2. The molecule has 0 amide bonds. The van der Waals surface area contributed by atoms with Gasteiger partial charge in [-0.05, 0) is 24.3 Å². The number of ether oxygens (including phenoxy) is 1. The second kappa shape index (κ2) is 5.24. The quantitative estimate of drug-likeness (QED) is 0.805. The Hall–Kier alpha value is -1.13. The van der Waals surface area contributed by atoms with Crippen molar-refractivity contribution in [2.24, 2.45) is 0 Å². The minimum atomic E-state index is 0.507. The molecule has 1 aromatic heterocycles. The van der Waals surface area contributed by atoms with E-state index in [2.05, 4.69) is 15.7 Å². The highest BCUT2D eigenvalue weighted by Gasteiger charge is 2.14. The van der Waals surface area contributed by atoms with Crippen LogP contribution >= 0.6 is 23.4 Å². The predicted octanol–water partition coefficient (Wildman–Crippen LogP) is 3.27. The third kappa shape index (κ3) is 2.35. The van der Waals surface area contributed by atoms with Crippen LogP contribution in [0.5, 0.6) is 5.75 Å². The number of fused-ring (bicyclic) bond motifs is 1. The van der Waals surface area contributed by atoms with Gasteiger partial charge in [0.2, 0.25) is 0 Å². The number of benzene rings is 1. The molecule has 0 saturated heterocycles. The van der Waals surface area contributed by atoms with Gasteiger partial charge in [0.1, 0.15) is 12.4 Å². The van der Waals surface area contributed by atoms with Crippen molar-refractivity contribution in [1.82, 2.24) is 9.55 Å². The Kier molecular flexibility index (Phi) is 3.48. The largest absolute Gasteiger partial charge is 0.492 e. The van der Waals surface area contributed by atoms with Crippen LogP contribution in [0.3, 0.4) is 0 Å². The highest BCUT2D eigenvalue weighted by Crippen LogP contribution is 2.29. The smallest absolute Gasteiger partial charge is 0.168 e. The van der Waals surface area contributed by atoms with Gasteiger partial charge in [-0.2, -0.15) is 0 Å². The van der Waals surface area contributed by atoms with Crippen molar-refractivity contribution in [2.75, 3.05) is 18.2 Å². The lowest BCUT2D eigenvalue weighted by molar-refractivity contribution is 0.343. The van der Waals surface area contributed by atoms with Gasteiger partial charge in [-0.3, -0.25) is 0 Å². The number of hydrogen-bond acceptors (Lipinski definition) is 3. The standard InChI is InChI=1S/C13H13ClN2OS/c14-5-7-17-11-3-1-10(2-4-11)12-9-16-6-8-18-13(16)15-12/h1-4,9H,5-8H2. The van der Waals surface area contributed by atoms with E-state index in [0.717, 1.165) is 34.5 Å². The summed E-state index contributed by atoms with van der Waals surface area (Å²) in [6.45, 7) is 1.60. The zero-order valence-corrected chi connectivity index (χ0v) is 11.4. The summed E-state index contributed by atoms with van der Waals surface area (Å²) in [6, 6.07) is 7.98. The highest BCUT2D eigenvalue weighted by molar-refractivity contribution is 7.99. The van der Waals surface area contributed by atoms with Crippen LogP contribution in [-0.4, -0.2) is 27.8 Å². The highest BCUT2D eigenvalue weighted by atomic mass is 35.5. The minimum absolute atomic E-state index is 0.507. The number of nitrogens with zero attached hydrogens (tertiary/aromatic N) is 2. The van der Waals surface area contributed by atoms with E-state index in [0.29, 0.717) is 12.5 Å². The van der Waals surface area contributed by atoms with E-state index in [1.54, 1.807) is 0 Å². The van der Waals surface area contributed by atoms with E-state index in [1.165, 1.54) is 0 Å². The van der Waals surface area contributed by atoms with Crippen LogP contribution in [0.2, 0.25) is 0 Å². The van der Waals surface area contributed by atoms with Gasteiger partial charge in [0.05, 0.1) is 11.6 Å². The van der Waals surface area contributed by atoms with Gasteiger partial charge in [0.25, 0.3) is 0 Å². The Balaban J connectivity index is 1.79. The maximum atomic E-state index is 5.58. The summed E-state index contributed by atoms with van der Waals surface area (Å²) >= 11 is 7.39. The predicted molar refractivity (Wildman–Crippen MR) is 74.6 cm³/mol. The van der Waals surface area contributed by atoms with Gasteiger partial charge in [-0.15, -0.1) is 11.6 Å². The van der Waals surface area contributed by atoms with Crippen LogP contribution in [-0.2, 0) is 6.54 Å². The molecule has 3 nitrogen and oxygen atoms in total. The van der Waals surface area contributed by atoms with Crippen LogP contribution in [0.4, 0.5) is 0 Å². The molecule has 2 heterocycles. The third-order valence-corrected chi connectivity index (χ3v) is 3.92. The van der Waals surface area contributed by atoms with Crippen molar-refractivity contribution >= 4 is 23.4 Å². The summed E-state index contributed by atoms with van der Waals surface area (Å²) in [5.74, 6) is 2.49. The summed E-state index contributed by atoms with van der Waals surface area (Å²) < 4.78 is 7.65. The van der Waals surface area contributed by atoms with Crippen LogP contribution < -0.4 is 4.74 Å². The number of imidazole rings is 1. The van der Waals surface area contributed by atoms with Crippen LogP contribution in [0.25, 0.3) is 11.3 Å². The fourth-order valence-corrected chi connectivity index (χ4v) is 2.95. The lowest BCUT2D eigenvalue weighted by atomic mass is 10.2. The average Bonchev–Trinajstić information content (AvgIpc) is 2.97. The Morgan fingerprint density at radius 2 is 2.17 bits per heavy atom. The van der Waals surface area contributed by atoms with Crippen LogP contribution in [0.1, 0.15) is 0 Å². The van der Waals surface area contributed by atoms with E-state index in [-0.39, 0.29) is 0 Å². The Bertz CT molecular complexity index is 517.